The lowest BCUT2D eigenvalue weighted by atomic mass is 10.1. The molecule has 2 nitrogen and oxygen atoms in total. The van der Waals surface area contributed by atoms with Gasteiger partial charge < -0.3 is 0 Å². The molecule has 0 aliphatic carbocycles. The molecule has 0 saturated heterocycles. The first-order valence-corrected chi connectivity index (χ1v) is 5.80. The molecule has 0 unspecified atom stereocenters. The van der Waals surface area contributed by atoms with Crippen LogP contribution < -0.4 is 0 Å². The fourth-order valence-electron chi connectivity index (χ4n) is 1.23. The normalized spacial score (nSPS) is 13.7. The van der Waals surface area contributed by atoms with Crippen molar-refractivity contribution in [3.63, 3.8) is 0 Å². The number of rotatable bonds is 3. The van der Waals surface area contributed by atoms with Crippen LogP contribution in [-0.4, -0.2) is 14.6 Å². The minimum atomic E-state index is -5.24. The standard InChI is InChI=1S/C9H6F6O2S/c10-8(11,5-9(12,13)14)6-2-1-3-7(4-6)18(15,16)17/h1-4H,5H2. The Bertz CT molecular complexity index is 534. The van der Waals surface area contributed by atoms with Gasteiger partial charge in [-0.05, 0) is 12.1 Å². The SMILES string of the molecule is O=S(=O)(F)c1cccc(C(F)(F)CC(F)(F)F)c1. The van der Waals surface area contributed by atoms with Gasteiger partial charge >= 0.3 is 16.4 Å². The van der Waals surface area contributed by atoms with Crippen LogP contribution in [-0.2, 0) is 16.1 Å². The molecule has 1 rings (SSSR count). The minimum Gasteiger partial charge on any atom is -0.201 e. The molecule has 0 radical (unpaired) electrons. The van der Waals surface area contributed by atoms with E-state index in [0.29, 0.717) is 12.1 Å². The van der Waals surface area contributed by atoms with Crippen LogP contribution >= 0.6 is 0 Å². The highest BCUT2D eigenvalue weighted by Crippen LogP contribution is 2.39. The van der Waals surface area contributed by atoms with E-state index >= 15 is 0 Å². The van der Waals surface area contributed by atoms with Crippen molar-refractivity contribution in [1.29, 1.82) is 0 Å². The van der Waals surface area contributed by atoms with E-state index in [0.717, 1.165) is 6.07 Å². The molecule has 1 aromatic rings. The molecule has 0 amide bonds. The van der Waals surface area contributed by atoms with Gasteiger partial charge in [0.1, 0.15) is 6.42 Å². The number of hydrogen-bond donors (Lipinski definition) is 0. The Labute approximate surface area is 98.4 Å². The fraction of sp³-hybridized carbons (Fsp3) is 0.333. The van der Waals surface area contributed by atoms with E-state index in [1.54, 1.807) is 0 Å². The van der Waals surface area contributed by atoms with Gasteiger partial charge in [-0.1, -0.05) is 12.1 Å². The Hall–Kier alpha value is -1.25. The molecule has 0 aliphatic rings. The molecule has 18 heavy (non-hydrogen) atoms. The van der Waals surface area contributed by atoms with E-state index < -0.39 is 39.2 Å². The van der Waals surface area contributed by atoms with Crippen molar-refractivity contribution in [2.75, 3.05) is 0 Å². The predicted octanol–water partition coefficient (Wildman–Crippen LogP) is 3.39. The monoisotopic (exact) mass is 292 g/mol. The number of hydrogen-bond acceptors (Lipinski definition) is 2. The maximum absolute atomic E-state index is 13.2. The van der Waals surface area contributed by atoms with Crippen molar-refractivity contribution in [2.24, 2.45) is 0 Å². The first-order valence-electron chi connectivity index (χ1n) is 4.42. The molecule has 0 N–H and O–H groups in total. The lowest BCUT2D eigenvalue weighted by Gasteiger charge is -2.18. The van der Waals surface area contributed by atoms with Crippen LogP contribution in [0.1, 0.15) is 12.0 Å². The molecule has 0 atom stereocenters. The van der Waals surface area contributed by atoms with E-state index in [2.05, 4.69) is 0 Å². The smallest absolute Gasteiger partial charge is 0.201 e. The lowest BCUT2D eigenvalue weighted by molar-refractivity contribution is -0.191. The van der Waals surface area contributed by atoms with Crippen molar-refractivity contribution in [2.45, 2.75) is 23.4 Å². The third-order valence-corrected chi connectivity index (χ3v) is 2.78. The molecule has 0 saturated carbocycles. The van der Waals surface area contributed by atoms with Gasteiger partial charge in [0.05, 0.1) is 4.90 Å². The molecular formula is C9H6F6O2S. The number of benzene rings is 1. The molecule has 102 valence electrons. The highest BCUT2D eigenvalue weighted by Gasteiger charge is 2.45. The summed E-state index contributed by atoms with van der Waals surface area (Å²) < 4.78 is 95.5. The Morgan fingerprint density at radius 3 is 2.06 bits per heavy atom. The summed E-state index contributed by atoms with van der Waals surface area (Å²) in [5.74, 6) is -4.32. The van der Waals surface area contributed by atoms with Gasteiger partial charge in [0, 0.05) is 5.56 Å². The molecule has 1 aromatic carbocycles. The molecular weight excluding hydrogens is 286 g/mol. The van der Waals surface area contributed by atoms with Crippen molar-refractivity contribution in [3.8, 4) is 0 Å². The Morgan fingerprint density at radius 2 is 1.61 bits per heavy atom. The van der Waals surface area contributed by atoms with E-state index in [1.165, 1.54) is 0 Å². The van der Waals surface area contributed by atoms with E-state index in [9.17, 15) is 34.3 Å². The number of alkyl halides is 5. The molecule has 0 aliphatic heterocycles. The van der Waals surface area contributed by atoms with E-state index in [4.69, 9.17) is 0 Å². The third-order valence-electron chi connectivity index (χ3n) is 1.96. The van der Waals surface area contributed by atoms with E-state index in [1.807, 2.05) is 0 Å². The van der Waals surface area contributed by atoms with Crippen LogP contribution in [0.2, 0.25) is 0 Å². The molecule has 0 fully saturated rings. The lowest BCUT2D eigenvalue weighted by Crippen LogP contribution is -2.23. The molecule has 0 spiro atoms. The van der Waals surface area contributed by atoms with Gasteiger partial charge in [-0.25, -0.2) is 8.78 Å². The van der Waals surface area contributed by atoms with Gasteiger partial charge in [0.25, 0.3) is 5.92 Å². The topological polar surface area (TPSA) is 34.1 Å². The zero-order valence-electron chi connectivity index (χ0n) is 8.51. The van der Waals surface area contributed by atoms with Crippen LogP contribution in [0.4, 0.5) is 25.8 Å². The van der Waals surface area contributed by atoms with Gasteiger partial charge in [-0.3, -0.25) is 0 Å². The average molecular weight is 292 g/mol. The second kappa shape index (κ2) is 4.45. The van der Waals surface area contributed by atoms with Crippen LogP contribution in [0.3, 0.4) is 0 Å². The summed E-state index contributed by atoms with van der Waals surface area (Å²) in [6.45, 7) is 0. The summed E-state index contributed by atoms with van der Waals surface area (Å²) in [4.78, 5) is -1.11. The van der Waals surface area contributed by atoms with Crippen LogP contribution in [0, 0.1) is 0 Å². The Morgan fingerprint density at radius 1 is 1.06 bits per heavy atom. The molecule has 0 bridgehead atoms. The fourth-order valence-corrected chi connectivity index (χ4v) is 1.74. The first-order chi connectivity index (χ1) is 7.92. The van der Waals surface area contributed by atoms with Crippen LogP contribution in [0.25, 0.3) is 0 Å². The highest BCUT2D eigenvalue weighted by atomic mass is 32.3. The van der Waals surface area contributed by atoms with Gasteiger partial charge in [-0.15, -0.1) is 3.89 Å². The van der Waals surface area contributed by atoms with Crippen molar-refractivity contribution in [3.05, 3.63) is 29.8 Å². The highest BCUT2D eigenvalue weighted by molar-refractivity contribution is 7.86. The summed E-state index contributed by atoms with van der Waals surface area (Å²) >= 11 is 0. The minimum absolute atomic E-state index is 0.182. The van der Waals surface area contributed by atoms with Crippen LogP contribution in [0.5, 0.6) is 0 Å². The molecule has 9 heteroatoms. The molecule has 0 aromatic heterocycles. The quantitative estimate of drug-likeness (QED) is 0.632. The second-order valence-corrected chi connectivity index (χ2v) is 4.81. The summed E-state index contributed by atoms with van der Waals surface area (Å²) in [7, 11) is -5.24. The largest absolute Gasteiger partial charge is 0.395 e. The summed E-state index contributed by atoms with van der Waals surface area (Å²) in [6, 6.07) is 2.19. The second-order valence-electron chi connectivity index (χ2n) is 3.46. The maximum atomic E-state index is 13.2. The first kappa shape index (κ1) is 14.8. The van der Waals surface area contributed by atoms with Crippen molar-refractivity contribution in [1.82, 2.24) is 0 Å². The summed E-state index contributed by atoms with van der Waals surface area (Å²) in [6.07, 6.45) is -7.58. The number of halogens is 6. The van der Waals surface area contributed by atoms with Gasteiger partial charge in [-0.2, -0.15) is 21.6 Å². The van der Waals surface area contributed by atoms with Crippen molar-refractivity contribution < 1.29 is 34.3 Å². The third kappa shape index (κ3) is 3.90. The Balaban J connectivity index is 3.18. The van der Waals surface area contributed by atoms with Gasteiger partial charge in [0.2, 0.25) is 0 Å². The van der Waals surface area contributed by atoms with Crippen LogP contribution in [0.15, 0.2) is 29.2 Å². The Kier molecular flexibility index (Phi) is 3.66. The summed E-state index contributed by atoms with van der Waals surface area (Å²) in [5.41, 5.74) is -1.21. The van der Waals surface area contributed by atoms with E-state index in [-0.39, 0.29) is 6.07 Å². The van der Waals surface area contributed by atoms with Gasteiger partial charge in [0.15, 0.2) is 0 Å². The average Bonchev–Trinajstić information content (AvgIpc) is 2.13. The van der Waals surface area contributed by atoms with Crippen molar-refractivity contribution >= 4 is 10.2 Å². The maximum Gasteiger partial charge on any atom is 0.395 e. The molecule has 0 heterocycles. The summed E-state index contributed by atoms with van der Waals surface area (Å²) in [5, 5.41) is 0. The zero-order valence-corrected chi connectivity index (χ0v) is 9.33. The predicted molar refractivity (Wildman–Crippen MR) is 49.3 cm³/mol. The zero-order chi connectivity index (χ0) is 14.2.